The molecule has 0 spiro atoms. The van der Waals surface area contributed by atoms with Gasteiger partial charge in [0.25, 0.3) is 0 Å². The summed E-state index contributed by atoms with van der Waals surface area (Å²) in [4.78, 5) is 24.8. The molecule has 14 unspecified atom stereocenters. The van der Waals surface area contributed by atoms with Crippen LogP contribution in [0, 0.1) is 5.41 Å². The van der Waals surface area contributed by atoms with Gasteiger partial charge in [-0.2, -0.15) is 23.5 Å². The van der Waals surface area contributed by atoms with Crippen molar-refractivity contribution in [1.82, 2.24) is 10.6 Å². The lowest BCUT2D eigenvalue weighted by Crippen LogP contribution is -2.68. The number of carbonyl (C=O) groups is 2. The van der Waals surface area contributed by atoms with Crippen LogP contribution in [0.15, 0.2) is 0 Å². The topological polar surface area (TPSA) is 612 Å². The summed E-state index contributed by atoms with van der Waals surface area (Å²) >= 11 is 1.82. The first-order chi connectivity index (χ1) is 46.1. The Morgan fingerprint density at radius 2 is 0.531 bits per heavy atom. The number of carboxylic acid groups (broad SMARTS) is 2. The molecule has 21 aliphatic heterocycles. The molecule has 570 valence electrons. The molecule has 0 radical (unpaired) electrons. The van der Waals surface area contributed by atoms with Crippen molar-refractivity contribution in [2.45, 2.75) is 274 Å². The van der Waals surface area contributed by atoms with Gasteiger partial charge in [0.05, 0.1) is 45.2 Å². The summed E-state index contributed by atoms with van der Waals surface area (Å²) in [5.41, 5.74) is -1.10. The molecule has 37 atom stereocenters. The molecule has 21 saturated heterocycles. The van der Waals surface area contributed by atoms with Gasteiger partial charge in [-0.1, -0.05) is 20.8 Å². The largest absolute Gasteiger partial charge is 0.480 e. The van der Waals surface area contributed by atoms with Crippen molar-refractivity contribution in [1.29, 1.82) is 0 Å². The van der Waals surface area contributed by atoms with Crippen molar-refractivity contribution >= 4 is 35.5 Å². The molecule has 0 amide bonds. The zero-order valence-electron chi connectivity index (χ0n) is 54.2. The lowest BCUT2D eigenvalue weighted by Gasteiger charge is -2.50. The highest BCUT2D eigenvalue weighted by molar-refractivity contribution is 7.99. The van der Waals surface area contributed by atoms with Gasteiger partial charge in [-0.15, -0.1) is 0 Å². The van der Waals surface area contributed by atoms with Gasteiger partial charge in [0.1, 0.15) is 171 Å². The molecule has 14 bridgehead atoms. The molecule has 21 heterocycles. The first-order valence-corrected chi connectivity index (χ1v) is 34.2. The van der Waals surface area contributed by atoms with Crippen LogP contribution in [0.3, 0.4) is 0 Å². The standard InChI is InChI=1S/C57H98N2O37S2/c1-56(2,3)16-58-17(47(79)80)12-97-14-24-45-31(70)38(77)54(88-24)93-43-22(10-63)85-51(35(74)27(43)66)92-42-21(9-62)87-53(37(76)30(42)69)96-46-25(15-98-13-18(48(81)82)59-57(4,5)6)89-55(39(78)32(46)71)94-44-23(11-64)84-50(34(73)28(44)67)90-40-19(7-60)83-49(33(72)26(40)65)91-41-20(8-61)86-52(95-45)36(75)29(41)68/h17-46,49-55,58-78H,7-16H2,1-6H3,(H,79,80)(H,81,82)/t17-,18-,19?,20?,21?,22?,23?,24?,25?,26?,27-,28?,29-,30?,31-,32?,33+,34+,35?,36?,37+,38?,39+,40-,41-,42-,43-,44-,45-,46-,49-,50-,51+,52-,53+,54-,55+/m1/s1. The zero-order chi connectivity index (χ0) is 72.3. The van der Waals surface area contributed by atoms with E-state index in [4.69, 9.17) is 66.3 Å². The van der Waals surface area contributed by atoms with E-state index in [0.29, 0.717) is 0 Å². The summed E-state index contributed by atoms with van der Waals surface area (Å²) in [6.07, 6.45) is -71.3. The Morgan fingerprint density at radius 3 is 0.724 bits per heavy atom. The van der Waals surface area contributed by atoms with Crippen LogP contribution in [0.25, 0.3) is 0 Å². The normalized spacial score (nSPS) is 47.0. The molecular weight excluding hydrogens is 1370 g/mol. The highest BCUT2D eigenvalue weighted by atomic mass is 32.2. The van der Waals surface area contributed by atoms with E-state index in [0.717, 1.165) is 23.5 Å². The third-order valence-electron chi connectivity index (χ3n) is 17.6. The second-order valence-electron chi connectivity index (χ2n) is 27.5. The molecule has 23 N–H and O–H groups in total. The monoisotopic (exact) mass is 1470 g/mol. The van der Waals surface area contributed by atoms with E-state index < -0.39 is 278 Å². The number of hydrogen-bond acceptors (Lipinski definition) is 39. The minimum atomic E-state index is -2.26. The van der Waals surface area contributed by atoms with E-state index in [2.05, 4.69) is 10.6 Å². The van der Waals surface area contributed by atoms with Crippen molar-refractivity contribution in [3.05, 3.63) is 0 Å². The van der Waals surface area contributed by atoms with E-state index in [1.54, 1.807) is 20.8 Å². The predicted molar refractivity (Wildman–Crippen MR) is 322 cm³/mol. The van der Waals surface area contributed by atoms with Crippen molar-refractivity contribution in [2.24, 2.45) is 5.41 Å². The Hall–Kier alpha value is -1.76. The first kappa shape index (κ1) is 81.9. The van der Waals surface area contributed by atoms with E-state index in [-0.39, 0.29) is 35.0 Å². The summed E-state index contributed by atoms with van der Waals surface area (Å²) in [6, 6.07) is -2.40. The van der Waals surface area contributed by atoms with Gasteiger partial charge in [-0.25, -0.2) is 0 Å². The first-order valence-electron chi connectivity index (χ1n) is 31.9. The van der Waals surface area contributed by atoms with Crippen molar-refractivity contribution in [3.8, 4) is 0 Å². The Kier molecular flexibility index (Phi) is 29.3. The number of ether oxygens (including phenoxy) is 14. The molecule has 21 fully saturated rings. The van der Waals surface area contributed by atoms with Crippen LogP contribution in [0.1, 0.15) is 41.5 Å². The van der Waals surface area contributed by atoms with E-state index >= 15 is 0 Å². The maximum absolute atomic E-state index is 12.4. The number of hydrogen-bond donors (Lipinski definition) is 23. The SMILES string of the molecule is CC(C)(C)CN[C@H](CSCC1O[C@@H]2O[C@@H]3C(CO)O[C@@H](O[C@@H]4C(CO)O[C@@H](O[C@@H]5C(CSC[C@@H](NC(C)(C)C)C(=O)O)O[C@@H](O[C@@H]6C(CO)O[C@H](O[C@@H]7C(CO)O[C@H](O[C@@H]8C(CO)O[C@H](O[C@H]1[C@H](O)C2O)C(O)[C@H]8O)[C@@H](O)C7O)[C@@H](O)C6O)[C@@H](O)C5O)[C@@H](O)C4O)C(O)[C@H]3O)C(=O)O. The quantitative estimate of drug-likeness (QED) is 0.0606. The molecule has 0 aliphatic carbocycles. The minimum absolute atomic E-state index is 0.183. The Labute approximate surface area is 569 Å². The molecule has 0 aromatic heterocycles. The molecule has 0 aromatic carbocycles. The summed E-state index contributed by atoms with van der Waals surface area (Å²) in [5, 5.41) is 243. The molecule has 21 aliphatic rings. The number of aliphatic hydroxyl groups excluding tert-OH is 19. The lowest BCUT2D eigenvalue weighted by atomic mass is 9.95. The number of carboxylic acids is 2. The van der Waals surface area contributed by atoms with Gasteiger partial charge >= 0.3 is 11.9 Å². The van der Waals surface area contributed by atoms with Gasteiger partial charge in [0, 0.05) is 35.1 Å². The second-order valence-corrected chi connectivity index (χ2v) is 29.6. The predicted octanol–water partition coefficient (Wildman–Crippen LogP) is -11.8. The number of nitrogens with one attached hydrogen (secondary N) is 2. The molecule has 0 aromatic rings. The van der Waals surface area contributed by atoms with Gasteiger partial charge in [0.15, 0.2) is 44.0 Å². The van der Waals surface area contributed by atoms with Gasteiger partial charge in [0.2, 0.25) is 0 Å². The smallest absolute Gasteiger partial charge is 0.321 e. The summed E-state index contributed by atoms with van der Waals surface area (Å²) in [5.74, 6) is -3.60. The van der Waals surface area contributed by atoms with Crippen molar-refractivity contribution < 1.29 is 183 Å². The van der Waals surface area contributed by atoms with Crippen molar-refractivity contribution in [3.63, 3.8) is 0 Å². The van der Waals surface area contributed by atoms with E-state index in [9.17, 15) is 117 Å². The molecule has 41 heteroatoms. The molecule has 0 saturated carbocycles. The fourth-order valence-corrected chi connectivity index (χ4v) is 14.6. The van der Waals surface area contributed by atoms with Crippen LogP contribution in [-0.2, 0) is 75.9 Å². The third kappa shape index (κ3) is 19.1. The van der Waals surface area contributed by atoms with Gasteiger partial charge in [-0.05, 0) is 26.2 Å². The maximum atomic E-state index is 12.4. The fourth-order valence-electron chi connectivity index (χ4n) is 12.3. The highest BCUT2D eigenvalue weighted by Gasteiger charge is 2.60. The average molecular weight is 1470 g/mol. The third-order valence-corrected chi connectivity index (χ3v) is 19.9. The highest BCUT2D eigenvalue weighted by Crippen LogP contribution is 2.40. The van der Waals surface area contributed by atoms with E-state index in [1.807, 2.05) is 20.8 Å². The second kappa shape index (κ2) is 35.1. The summed E-state index contributed by atoms with van der Waals surface area (Å²) in [7, 11) is 0. The number of rotatable bonds is 18. The Bertz CT molecular complexity index is 2480. The fraction of sp³-hybridized carbons (Fsp3) is 0.965. The number of aliphatic hydroxyl groups is 19. The van der Waals surface area contributed by atoms with Crippen LogP contribution in [0.2, 0.25) is 0 Å². The maximum Gasteiger partial charge on any atom is 0.321 e. The van der Waals surface area contributed by atoms with Crippen LogP contribution in [0.4, 0.5) is 0 Å². The molecule has 98 heavy (non-hydrogen) atoms. The van der Waals surface area contributed by atoms with Gasteiger partial charge < -0.3 is 179 Å². The zero-order valence-corrected chi connectivity index (χ0v) is 55.8. The molecule has 21 rings (SSSR count). The Balaban J connectivity index is 1.12. The van der Waals surface area contributed by atoms with Crippen LogP contribution in [-0.4, -0.2) is 414 Å². The van der Waals surface area contributed by atoms with E-state index in [1.165, 1.54) is 0 Å². The van der Waals surface area contributed by atoms with Crippen LogP contribution < -0.4 is 10.6 Å². The molecular formula is C57H98N2O37S2. The van der Waals surface area contributed by atoms with Crippen molar-refractivity contribution in [2.75, 3.05) is 62.6 Å². The van der Waals surface area contributed by atoms with Gasteiger partial charge in [-0.3, -0.25) is 14.9 Å². The lowest BCUT2D eigenvalue weighted by molar-refractivity contribution is -0.395. The molecule has 39 nitrogen and oxygen atoms in total. The minimum Gasteiger partial charge on any atom is -0.480 e. The number of aliphatic carboxylic acids is 2. The summed E-state index contributed by atoms with van der Waals surface area (Å²) in [6.45, 7) is 5.52. The van der Waals surface area contributed by atoms with Crippen LogP contribution >= 0.6 is 23.5 Å². The Morgan fingerprint density at radius 1 is 0.327 bits per heavy atom. The average Bonchev–Trinajstić information content (AvgIpc) is 0.780. The number of thioether (sulfide) groups is 2. The summed E-state index contributed by atoms with van der Waals surface area (Å²) < 4.78 is 83.0. The van der Waals surface area contributed by atoms with Crippen LogP contribution in [0.5, 0.6) is 0 Å².